The summed E-state index contributed by atoms with van der Waals surface area (Å²) in [5.74, 6) is 0.800. The molecule has 0 aliphatic carbocycles. The van der Waals surface area contributed by atoms with E-state index in [0.717, 1.165) is 17.5 Å². The highest BCUT2D eigenvalue weighted by Crippen LogP contribution is 2.21. The van der Waals surface area contributed by atoms with E-state index in [2.05, 4.69) is 8.75 Å². The summed E-state index contributed by atoms with van der Waals surface area (Å²) in [6, 6.07) is 7.93. The molecule has 0 atom stereocenters. The number of hydrogen-bond acceptors (Lipinski definition) is 5. The van der Waals surface area contributed by atoms with Crippen LogP contribution in [0.5, 0.6) is 5.75 Å². The third kappa shape index (κ3) is 2.51. The van der Waals surface area contributed by atoms with Crippen molar-refractivity contribution in [3.63, 3.8) is 0 Å². The topological polar surface area (TPSA) is 55.3 Å². The smallest absolute Gasteiger partial charge is 0.275 e. The molecule has 1 amide bonds. The van der Waals surface area contributed by atoms with Crippen LogP contribution in [0.4, 0.5) is 0 Å². The van der Waals surface area contributed by atoms with Crippen molar-refractivity contribution in [1.29, 1.82) is 0 Å². The van der Waals surface area contributed by atoms with Gasteiger partial charge in [0.05, 0.1) is 30.5 Å². The van der Waals surface area contributed by atoms with E-state index < -0.39 is 0 Å². The second-order valence-corrected chi connectivity index (χ2v) is 5.49. The molecule has 0 spiro atoms. The Morgan fingerprint density at radius 1 is 1.35 bits per heavy atom. The molecule has 2 aromatic rings. The van der Waals surface area contributed by atoms with Crippen LogP contribution in [0.2, 0.25) is 0 Å². The van der Waals surface area contributed by atoms with Gasteiger partial charge in [-0.15, -0.1) is 0 Å². The number of aryl methyl sites for hydroxylation is 2. The maximum absolute atomic E-state index is 12.1. The lowest BCUT2D eigenvalue weighted by atomic mass is 10.1. The molecule has 0 saturated carbocycles. The number of carbonyl (C=O) groups is 1. The zero-order valence-corrected chi connectivity index (χ0v) is 12.2. The molecule has 1 aromatic heterocycles. The molecular formula is C14H15N3O2S. The minimum Gasteiger partial charge on any atom is -0.487 e. The van der Waals surface area contributed by atoms with E-state index in [1.165, 1.54) is 5.56 Å². The average molecular weight is 289 g/mol. The number of hydrogen-bond donors (Lipinski definition) is 0. The zero-order chi connectivity index (χ0) is 14.1. The lowest BCUT2D eigenvalue weighted by molar-refractivity contribution is 0.0173. The highest BCUT2D eigenvalue weighted by molar-refractivity contribution is 6.99. The van der Waals surface area contributed by atoms with Gasteiger partial charge >= 0.3 is 0 Å². The van der Waals surface area contributed by atoms with E-state index in [4.69, 9.17) is 4.74 Å². The van der Waals surface area contributed by atoms with Crippen molar-refractivity contribution >= 4 is 17.6 Å². The summed E-state index contributed by atoms with van der Waals surface area (Å²) in [5.41, 5.74) is 2.32. The predicted molar refractivity (Wildman–Crippen MR) is 76.1 cm³/mol. The fourth-order valence-corrected chi connectivity index (χ4v) is 2.68. The zero-order valence-electron chi connectivity index (χ0n) is 11.4. The Labute approximate surface area is 121 Å². The molecule has 2 heterocycles. The number of amides is 1. The highest BCUT2D eigenvalue weighted by Gasteiger charge is 2.34. The Balaban J connectivity index is 1.57. The molecule has 0 radical (unpaired) electrons. The van der Waals surface area contributed by atoms with Gasteiger partial charge in [-0.2, -0.15) is 8.75 Å². The SMILES string of the molecule is Cc1cccc(OC2CN(C(=O)c3nsnc3C)C2)c1. The minimum absolute atomic E-state index is 0.0552. The molecule has 1 aliphatic heterocycles. The number of ether oxygens (including phenoxy) is 1. The van der Waals surface area contributed by atoms with Crippen LogP contribution in [-0.4, -0.2) is 38.7 Å². The van der Waals surface area contributed by atoms with Gasteiger partial charge in [0.1, 0.15) is 11.9 Å². The van der Waals surface area contributed by atoms with Gasteiger partial charge in [0.2, 0.25) is 0 Å². The molecule has 3 rings (SSSR count). The molecule has 0 bridgehead atoms. The summed E-state index contributed by atoms with van der Waals surface area (Å²) in [6.45, 7) is 5.03. The van der Waals surface area contributed by atoms with Crippen molar-refractivity contribution in [3.05, 3.63) is 41.2 Å². The first kappa shape index (κ1) is 13.1. The summed E-state index contributed by atoms with van der Waals surface area (Å²) in [7, 11) is 0. The van der Waals surface area contributed by atoms with Gasteiger partial charge in [-0.1, -0.05) is 12.1 Å². The van der Waals surface area contributed by atoms with E-state index >= 15 is 0 Å². The first-order chi connectivity index (χ1) is 9.63. The molecule has 0 N–H and O–H groups in total. The molecular weight excluding hydrogens is 274 g/mol. The van der Waals surface area contributed by atoms with Gasteiger partial charge in [-0.25, -0.2) is 0 Å². The Morgan fingerprint density at radius 3 is 2.80 bits per heavy atom. The summed E-state index contributed by atoms with van der Waals surface area (Å²) >= 11 is 1.07. The van der Waals surface area contributed by atoms with Gasteiger partial charge in [-0.3, -0.25) is 4.79 Å². The normalized spacial score (nSPS) is 15.0. The molecule has 6 heteroatoms. The average Bonchev–Trinajstić information content (AvgIpc) is 2.79. The molecule has 1 aromatic carbocycles. The van der Waals surface area contributed by atoms with Crippen LogP contribution in [0.3, 0.4) is 0 Å². The van der Waals surface area contributed by atoms with Gasteiger partial charge in [-0.05, 0) is 31.5 Å². The standard InChI is InChI=1S/C14H15N3O2S/c1-9-4-3-5-11(6-9)19-12-7-17(8-12)14(18)13-10(2)15-20-16-13/h3-6,12H,7-8H2,1-2H3. The number of likely N-dealkylation sites (tertiary alicyclic amines) is 1. The van der Waals surface area contributed by atoms with Gasteiger partial charge in [0, 0.05) is 0 Å². The van der Waals surface area contributed by atoms with Crippen molar-refractivity contribution < 1.29 is 9.53 Å². The van der Waals surface area contributed by atoms with Crippen LogP contribution >= 0.6 is 11.7 Å². The van der Waals surface area contributed by atoms with E-state index in [1.54, 1.807) is 11.8 Å². The summed E-state index contributed by atoms with van der Waals surface area (Å²) in [6.07, 6.45) is 0.0626. The molecule has 20 heavy (non-hydrogen) atoms. The molecule has 0 unspecified atom stereocenters. The number of carbonyl (C=O) groups excluding carboxylic acids is 1. The van der Waals surface area contributed by atoms with Crippen LogP contribution in [0.15, 0.2) is 24.3 Å². The van der Waals surface area contributed by atoms with E-state index in [9.17, 15) is 4.79 Å². The van der Waals surface area contributed by atoms with Crippen molar-refractivity contribution in [2.75, 3.05) is 13.1 Å². The lowest BCUT2D eigenvalue weighted by Crippen LogP contribution is -2.56. The number of rotatable bonds is 3. The lowest BCUT2D eigenvalue weighted by Gasteiger charge is -2.38. The fraction of sp³-hybridized carbons (Fsp3) is 0.357. The Bertz CT molecular complexity index is 635. The summed E-state index contributed by atoms with van der Waals surface area (Å²) < 4.78 is 13.9. The fourth-order valence-electron chi connectivity index (χ4n) is 2.13. The van der Waals surface area contributed by atoms with E-state index in [0.29, 0.717) is 24.5 Å². The second-order valence-electron chi connectivity index (χ2n) is 4.96. The quantitative estimate of drug-likeness (QED) is 0.868. The Morgan fingerprint density at radius 2 is 2.15 bits per heavy atom. The maximum Gasteiger partial charge on any atom is 0.275 e. The predicted octanol–water partition coefficient (Wildman–Crippen LogP) is 2.06. The van der Waals surface area contributed by atoms with Crippen LogP contribution in [-0.2, 0) is 0 Å². The highest BCUT2D eigenvalue weighted by atomic mass is 32.1. The number of nitrogens with zero attached hydrogens (tertiary/aromatic N) is 3. The molecule has 1 fully saturated rings. The first-order valence-corrected chi connectivity index (χ1v) is 7.18. The Hall–Kier alpha value is -1.95. The monoisotopic (exact) mass is 289 g/mol. The van der Waals surface area contributed by atoms with Gasteiger partial charge < -0.3 is 9.64 Å². The number of benzene rings is 1. The van der Waals surface area contributed by atoms with Crippen molar-refractivity contribution in [3.8, 4) is 5.75 Å². The minimum atomic E-state index is -0.0552. The maximum atomic E-state index is 12.1. The molecule has 5 nitrogen and oxygen atoms in total. The molecule has 1 saturated heterocycles. The second kappa shape index (κ2) is 5.20. The van der Waals surface area contributed by atoms with Gasteiger partial charge in [0.15, 0.2) is 5.69 Å². The third-order valence-electron chi connectivity index (χ3n) is 3.28. The van der Waals surface area contributed by atoms with Gasteiger partial charge in [0.25, 0.3) is 5.91 Å². The summed E-state index contributed by atoms with van der Waals surface area (Å²) in [4.78, 5) is 13.9. The number of aromatic nitrogens is 2. The van der Waals surface area contributed by atoms with Crippen LogP contribution in [0.25, 0.3) is 0 Å². The van der Waals surface area contributed by atoms with Crippen molar-refractivity contribution in [2.24, 2.45) is 0 Å². The van der Waals surface area contributed by atoms with E-state index in [-0.39, 0.29) is 12.0 Å². The van der Waals surface area contributed by atoms with Crippen LogP contribution in [0.1, 0.15) is 21.7 Å². The van der Waals surface area contributed by atoms with Crippen molar-refractivity contribution in [1.82, 2.24) is 13.6 Å². The van der Waals surface area contributed by atoms with E-state index in [1.807, 2.05) is 31.2 Å². The first-order valence-electron chi connectivity index (χ1n) is 6.45. The van der Waals surface area contributed by atoms with Crippen molar-refractivity contribution in [2.45, 2.75) is 20.0 Å². The Kier molecular flexibility index (Phi) is 3.40. The molecule has 1 aliphatic rings. The van der Waals surface area contributed by atoms with Crippen LogP contribution < -0.4 is 4.74 Å². The summed E-state index contributed by atoms with van der Waals surface area (Å²) in [5, 5.41) is 0. The molecule has 104 valence electrons. The largest absolute Gasteiger partial charge is 0.487 e. The third-order valence-corrected chi connectivity index (χ3v) is 3.90. The van der Waals surface area contributed by atoms with Crippen LogP contribution in [0, 0.1) is 13.8 Å².